The normalized spacial score (nSPS) is 15.1. The molecule has 0 fully saturated rings. The lowest BCUT2D eigenvalue weighted by Gasteiger charge is -2.46. The first-order chi connectivity index (χ1) is 29.7. The van der Waals surface area contributed by atoms with Crippen LogP contribution in [0.15, 0.2) is 128 Å². The number of aromatic nitrogens is 2. The van der Waals surface area contributed by atoms with Gasteiger partial charge in [0.25, 0.3) is 0 Å². The van der Waals surface area contributed by atoms with Crippen LogP contribution in [0.4, 0.5) is 17.1 Å². The van der Waals surface area contributed by atoms with E-state index in [1.165, 1.54) is 72.7 Å². The highest BCUT2D eigenvalue weighted by atomic mass is 16.5. The summed E-state index contributed by atoms with van der Waals surface area (Å²) in [4.78, 5) is 4.95. The predicted molar refractivity (Wildman–Crippen MR) is 263 cm³/mol. The molecule has 0 radical (unpaired) electrons. The van der Waals surface area contributed by atoms with Gasteiger partial charge in [-0.2, -0.15) is 5.10 Å². The lowest BCUT2D eigenvalue weighted by molar-refractivity contribution is 0.481. The van der Waals surface area contributed by atoms with E-state index in [2.05, 4.69) is 203 Å². The molecule has 0 saturated heterocycles. The number of hydrogen-bond acceptors (Lipinski definition) is 4. The van der Waals surface area contributed by atoms with Gasteiger partial charge < -0.3 is 14.5 Å². The molecule has 320 valence electrons. The fourth-order valence-electron chi connectivity index (χ4n) is 10.5. The molecule has 3 aliphatic rings. The molecule has 5 nitrogen and oxygen atoms in total. The highest BCUT2D eigenvalue weighted by molar-refractivity contribution is 6.00. The SMILES string of the molecule is CN1CN2c3cc(Oc4cccc(-n5cc(-c6ccccc6)cn5)c4)ccc3C3(c4cccc1c42)c1c(cc(C(C)(C)C)cc1C(C)(C)C)-c1cc(C(C)(C)C)cc(C(C)(C)C)c13. The molecule has 10 rings (SSSR count). The van der Waals surface area contributed by atoms with Crippen LogP contribution in [0.1, 0.15) is 128 Å². The van der Waals surface area contributed by atoms with E-state index in [9.17, 15) is 0 Å². The smallest absolute Gasteiger partial charge is 0.129 e. The molecular formula is C58H62N4O. The Balaban J connectivity index is 1.24. The first kappa shape index (κ1) is 41.0. The minimum atomic E-state index is -0.597. The third-order valence-corrected chi connectivity index (χ3v) is 13.8. The number of nitrogens with zero attached hydrogens (tertiary/aromatic N) is 4. The van der Waals surface area contributed by atoms with Gasteiger partial charge in [0, 0.05) is 30.9 Å². The summed E-state index contributed by atoms with van der Waals surface area (Å²) in [5.41, 5.74) is 19.7. The van der Waals surface area contributed by atoms with E-state index in [0.717, 1.165) is 35.0 Å². The van der Waals surface area contributed by atoms with Gasteiger partial charge in [-0.3, -0.25) is 0 Å². The average Bonchev–Trinajstić information content (AvgIpc) is 3.93. The number of benzene rings is 6. The van der Waals surface area contributed by atoms with Crippen molar-refractivity contribution in [2.24, 2.45) is 0 Å². The number of rotatable bonds is 4. The second-order valence-electron chi connectivity index (χ2n) is 22.4. The van der Waals surface area contributed by atoms with Crippen LogP contribution in [0, 0.1) is 0 Å². The molecule has 7 aromatic rings. The predicted octanol–water partition coefficient (Wildman–Crippen LogP) is 14.7. The minimum absolute atomic E-state index is 0.0391. The van der Waals surface area contributed by atoms with Crippen molar-refractivity contribution < 1.29 is 4.74 Å². The highest BCUT2D eigenvalue weighted by Gasteiger charge is 2.57. The van der Waals surface area contributed by atoms with Crippen LogP contribution in [0.25, 0.3) is 27.9 Å². The summed E-state index contributed by atoms with van der Waals surface area (Å²) in [5.74, 6) is 1.57. The third kappa shape index (κ3) is 6.36. The van der Waals surface area contributed by atoms with Crippen LogP contribution in [0.2, 0.25) is 0 Å². The van der Waals surface area contributed by atoms with Gasteiger partial charge in [0.05, 0.1) is 41.0 Å². The number of fused-ring (bicyclic) bond motifs is 9. The van der Waals surface area contributed by atoms with E-state index in [0.29, 0.717) is 0 Å². The quantitative estimate of drug-likeness (QED) is 0.177. The molecule has 6 aromatic carbocycles. The maximum absolute atomic E-state index is 6.89. The van der Waals surface area contributed by atoms with E-state index in [1.807, 2.05) is 29.1 Å². The van der Waals surface area contributed by atoms with E-state index in [4.69, 9.17) is 9.84 Å². The molecule has 3 heterocycles. The molecule has 0 atom stereocenters. The van der Waals surface area contributed by atoms with Crippen LogP contribution in [-0.2, 0) is 27.1 Å². The molecule has 5 heteroatoms. The van der Waals surface area contributed by atoms with Gasteiger partial charge in [0.1, 0.15) is 11.5 Å². The lowest BCUT2D eigenvalue weighted by Crippen LogP contribution is -2.40. The van der Waals surface area contributed by atoms with E-state index in [1.54, 1.807) is 0 Å². The van der Waals surface area contributed by atoms with E-state index < -0.39 is 5.41 Å². The van der Waals surface area contributed by atoms with Crippen LogP contribution in [-0.4, -0.2) is 23.5 Å². The van der Waals surface area contributed by atoms with Gasteiger partial charge in [-0.15, -0.1) is 0 Å². The van der Waals surface area contributed by atoms with Gasteiger partial charge in [-0.05, 0) is 107 Å². The van der Waals surface area contributed by atoms with Gasteiger partial charge in [0.15, 0.2) is 0 Å². The Morgan fingerprint density at radius 1 is 0.540 bits per heavy atom. The standard InChI is InChI=1S/C58H62N4O/c1-54(2,3)38-27-43-44-28-39(55(4,5)6)30-48(57(10,11)12)52(44)58(51(43)47(29-38)56(7,8)9)45-26-25-42(32-50(45)61-35-60(13)49-24-18-23-46(58)53(49)61)63-41-22-17-21-40(31-41)62-34-37(33-59-62)36-19-15-14-16-20-36/h14-34H,35H2,1-13H3. The molecule has 1 aromatic heterocycles. The van der Waals surface area contributed by atoms with Crippen molar-refractivity contribution in [1.82, 2.24) is 9.78 Å². The summed E-state index contributed by atoms with van der Waals surface area (Å²) in [7, 11) is 2.23. The van der Waals surface area contributed by atoms with Crippen molar-refractivity contribution in [3.63, 3.8) is 0 Å². The Hall–Kier alpha value is -6.07. The lowest BCUT2D eigenvalue weighted by atomic mass is 9.59. The Kier molecular flexibility index (Phi) is 8.92. The summed E-state index contributed by atoms with van der Waals surface area (Å²) in [6, 6.07) is 42.8. The van der Waals surface area contributed by atoms with Crippen molar-refractivity contribution in [1.29, 1.82) is 0 Å². The number of para-hydroxylation sites is 1. The largest absolute Gasteiger partial charge is 0.457 e. The number of ether oxygens (including phenoxy) is 1. The monoisotopic (exact) mass is 830 g/mol. The second-order valence-corrected chi connectivity index (χ2v) is 22.4. The van der Waals surface area contributed by atoms with Crippen LogP contribution in [0.5, 0.6) is 11.5 Å². The first-order valence-corrected chi connectivity index (χ1v) is 22.7. The molecule has 0 unspecified atom stereocenters. The zero-order chi connectivity index (χ0) is 44.6. The summed E-state index contributed by atoms with van der Waals surface area (Å²) in [6.45, 7) is 29.4. The first-order valence-electron chi connectivity index (χ1n) is 22.7. The number of anilines is 3. The maximum Gasteiger partial charge on any atom is 0.129 e. The molecule has 0 saturated carbocycles. The summed E-state index contributed by atoms with van der Waals surface area (Å²) in [6.07, 6.45) is 4.00. The van der Waals surface area contributed by atoms with Gasteiger partial charge in [-0.1, -0.05) is 162 Å². The summed E-state index contributed by atoms with van der Waals surface area (Å²) < 4.78 is 8.82. The Labute approximate surface area is 375 Å². The third-order valence-electron chi connectivity index (χ3n) is 13.8. The van der Waals surface area contributed by atoms with Crippen molar-refractivity contribution in [2.45, 2.75) is 110 Å². The Morgan fingerprint density at radius 3 is 1.75 bits per heavy atom. The zero-order valence-electron chi connectivity index (χ0n) is 39.5. The van der Waals surface area contributed by atoms with Gasteiger partial charge in [-0.25, -0.2) is 4.68 Å². The molecule has 2 aliphatic heterocycles. The maximum atomic E-state index is 6.89. The van der Waals surface area contributed by atoms with Gasteiger partial charge in [0.2, 0.25) is 0 Å². The molecular weight excluding hydrogens is 769 g/mol. The summed E-state index contributed by atoms with van der Waals surface area (Å²) in [5, 5.41) is 4.74. The van der Waals surface area contributed by atoms with E-state index in [-0.39, 0.29) is 21.7 Å². The molecule has 63 heavy (non-hydrogen) atoms. The Bertz CT molecular complexity index is 2880. The zero-order valence-corrected chi connectivity index (χ0v) is 39.5. The van der Waals surface area contributed by atoms with Crippen molar-refractivity contribution in [3.05, 3.63) is 172 Å². The van der Waals surface area contributed by atoms with Crippen LogP contribution >= 0.6 is 0 Å². The number of hydrogen-bond donors (Lipinski definition) is 0. The molecule has 0 bridgehead atoms. The fourth-order valence-corrected chi connectivity index (χ4v) is 10.5. The fraction of sp³-hybridized carbons (Fsp3) is 0.328. The minimum Gasteiger partial charge on any atom is -0.457 e. The Morgan fingerprint density at radius 2 is 1.14 bits per heavy atom. The van der Waals surface area contributed by atoms with Crippen LogP contribution in [0.3, 0.4) is 0 Å². The molecule has 1 spiro atoms. The molecule has 0 N–H and O–H groups in total. The van der Waals surface area contributed by atoms with E-state index >= 15 is 0 Å². The van der Waals surface area contributed by atoms with Gasteiger partial charge >= 0.3 is 0 Å². The molecule has 1 aliphatic carbocycles. The molecule has 0 amide bonds. The summed E-state index contributed by atoms with van der Waals surface area (Å²) >= 11 is 0. The topological polar surface area (TPSA) is 33.5 Å². The second kappa shape index (κ2) is 13.7. The van der Waals surface area contributed by atoms with Crippen molar-refractivity contribution >= 4 is 17.1 Å². The average molecular weight is 831 g/mol. The van der Waals surface area contributed by atoms with Crippen LogP contribution < -0.4 is 14.5 Å². The highest BCUT2D eigenvalue weighted by Crippen LogP contribution is 2.68. The van der Waals surface area contributed by atoms with Crippen molar-refractivity contribution in [2.75, 3.05) is 23.5 Å². The van der Waals surface area contributed by atoms with Crippen molar-refractivity contribution in [3.8, 4) is 39.4 Å².